The van der Waals surface area contributed by atoms with Crippen molar-refractivity contribution in [3.8, 4) is 11.5 Å². The van der Waals surface area contributed by atoms with E-state index in [1.54, 1.807) is 48.5 Å². The smallest absolute Gasteiger partial charge is 0.335 e. The molecule has 1 saturated heterocycles. The Morgan fingerprint density at radius 1 is 0.963 bits per heavy atom. The number of carbonyl (C=O) groups is 3. The van der Waals surface area contributed by atoms with Crippen molar-refractivity contribution in [2.75, 3.05) is 19.1 Å². The fourth-order valence-corrected chi connectivity index (χ4v) is 2.66. The Bertz CT molecular complexity index is 925. The van der Waals surface area contributed by atoms with E-state index in [1.807, 2.05) is 0 Å². The maximum absolute atomic E-state index is 12.9. The van der Waals surface area contributed by atoms with Gasteiger partial charge in [0.15, 0.2) is 5.92 Å². The van der Waals surface area contributed by atoms with Crippen LogP contribution >= 0.6 is 0 Å². The van der Waals surface area contributed by atoms with Gasteiger partial charge in [0.1, 0.15) is 17.2 Å². The van der Waals surface area contributed by atoms with Gasteiger partial charge in [-0.2, -0.15) is 0 Å². The third-order valence-corrected chi connectivity index (χ3v) is 3.98. The number of barbiturate groups is 1. The van der Waals surface area contributed by atoms with Gasteiger partial charge in [0.05, 0.1) is 19.9 Å². The van der Waals surface area contributed by atoms with E-state index >= 15 is 0 Å². The molecule has 27 heavy (non-hydrogen) atoms. The van der Waals surface area contributed by atoms with Crippen LogP contribution in [0.15, 0.2) is 53.5 Å². The molecule has 0 unspecified atom stereocenters. The lowest BCUT2D eigenvalue weighted by Crippen LogP contribution is -2.58. The number of rotatable bonds is 5. The minimum absolute atomic E-state index is 0.241. The summed E-state index contributed by atoms with van der Waals surface area (Å²) in [5, 5.41) is 2.17. The third kappa shape index (κ3) is 3.50. The fraction of sp³-hybridized carbons (Fsp3) is 0.158. The van der Waals surface area contributed by atoms with Crippen molar-refractivity contribution >= 4 is 35.4 Å². The Hall–Kier alpha value is -3.68. The van der Waals surface area contributed by atoms with Crippen LogP contribution in [0.2, 0.25) is 0 Å². The van der Waals surface area contributed by atoms with E-state index in [2.05, 4.69) is 10.3 Å². The first kappa shape index (κ1) is 18.1. The summed E-state index contributed by atoms with van der Waals surface area (Å²) in [6.45, 7) is 0. The highest BCUT2D eigenvalue weighted by Gasteiger charge is 2.41. The number of nitrogens with one attached hydrogen (secondary N) is 1. The van der Waals surface area contributed by atoms with Crippen LogP contribution in [0.1, 0.15) is 0 Å². The van der Waals surface area contributed by atoms with E-state index in [0.717, 1.165) is 4.90 Å². The summed E-state index contributed by atoms with van der Waals surface area (Å²) in [6, 6.07) is 12.6. The minimum atomic E-state index is -1.27. The highest BCUT2D eigenvalue weighted by Crippen LogP contribution is 2.31. The molecule has 8 nitrogen and oxygen atoms in total. The van der Waals surface area contributed by atoms with E-state index in [0.29, 0.717) is 17.2 Å². The fourth-order valence-electron chi connectivity index (χ4n) is 2.66. The number of nitrogens with zero attached hydrogens (tertiary/aromatic N) is 2. The van der Waals surface area contributed by atoms with Crippen LogP contribution in [0.4, 0.5) is 16.2 Å². The highest BCUT2D eigenvalue weighted by molar-refractivity contribution is 6.33. The molecule has 0 spiro atoms. The molecule has 0 aliphatic carbocycles. The normalized spacial score (nSPS) is 17.2. The van der Waals surface area contributed by atoms with Crippen molar-refractivity contribution in [2.45, 2.75) is 0 Å². The Balaban J connectivity index is 1.94. The number of methoxy groups -OCH3 is 2. The molecule has 0 saturated carbocycles. The summed E-state index contributed by atoms with van der Waals surface area (Å²) in [5.41, 5.74) is 0.701. The monoisotopic (exact) mass is 367 g/mol. The maximum atomic E-state index is 12.9. The summed E-state index contributed by atoms with van der Waals surface area (Å²) in [6.07, 6.45) is 1.20. The average Bonchev–Trinajstić information content (AvgIpc) is 2.68. The molecule has 2 aromatic rings. The molecule has 8 heteroatoms. The number of hydrogen-bond donors (Lipinski definition) is 1. The van der Waals surface area contributed by atoms with Crippen LogP contribution in [0.5, 0.6) is 11.5 Å². The molecule has 1 heterocycles. The zero-order valence-corrected chi connectivity index (χ0v) is 14.7. The molecule has 1 atom stereocenters. The van der Waals surface area contributed by atoms with Gasteiger partial charge >= 0.3 is 6.03 Å². The van der Waals surface area contributed by atoms with Crippen molar-refractivity contribution in [1.29, 1.82) is 0 Å². The quantitative estimate of drug-likeness (QED) is 0.646. The minimum Gasteiger partial charge on any atom is -0.495 e. The molecule has 138 valence electrons. The van der Waals surface area contributed by atoms with Gasteiger partial charge in [-0.05, 0) is 24.3 Å². The molecule has 0 radical (unpaired) electrons. The number of carbonyl (C=O) groups excluding carboxylic acids is 3. The third-order valence-electron chi connectivity index (χ3n) is 3.98. The van der Waals surface area contributed by atoms with Gasteiger partial charge < -0.3 is 9.47 Å². The first-order valence-electron chi connectivity index (χ1n) is 8.06. The lowest BCUT2D eigenvalue weighted by molar-refractivity contribution is -0.131. The van der Waals surface area contributed by atoms with Gasteiger partial charge in [0.2, 0.25) is 5.91 Å². The predicted octanol–water partition coefficient (Wildman–Crippen LogP) is 2.31. The highest BCUT2D eigenvalue weighted by atomic mass is 16.5. The lowest BCUT2D eigenvalue weighted by Gasteiger charge is -2.29. The first-order valence-corrected chi connectivity index (χ1v) is 8.06. The van der Waals surface area contributed by atoms with Gasteiger partial charge in [0.25, 0.3) is 5.91 Å². The van der Waals surface area contributed by atoms with Crippen molar-refractivity contribution in [3.05, 3.63) is 48.5 Å². The number of anilines is 1. The van der Waals surface area contributed by atoms with E-state index in [-0.39, 0.29) is 5.69 Å². The number of benzene rings is 2. The van der Waals surface area contributed by atoms with Gasteiger partial charge in [-0.25, -0.2) is 9.69 Å². The zero-order valence-electron chi connectivity index (χ0n) is 14.7. The largest absolute Gasteiger partial charge is 0.495 e. The van der Waals surface area contributed by atoms with E-state index in [1.165, 1.54) is 20.4 Å². The summed E-state index contributed by atoms with van der Waals surface area (Å²) >= 11 is 0. The predicted molar refractivity (Wildman–Crippen MR) is 98.7 cm³/mol. The molecular weight excluding hydrogens is 350 g/mol. The average molecular weight is 367 g/mol. The summed E-state index contributed by atoms with van der Waals surface area (Å²) in [4.78, 5) is 42.4. The molecule has 2 aromatic carbocycles. The number of para-hydroxylation sites is 4. The molecule has 1 aliphatic heterocycles. The summed E-state index contributed by atoms with van der Waals surface area (Å²) in [7, 11) is 2.92. The van der Waals surface area contributed by atoms with Crippen LogP contribution in [0, 0.1) is 5.92 Å². The van der Waals surface area contributed by atoms with Crippen molar-refractivity contribution < 1.29 is 23.9 Å². The zero-order chi connectivity index (χ0) is 19.4. The standard InChI is InChI=1S/C19H17N3O5/c1-26-15-9-5-3-7-13(15)20-11-12-17(23)21-19(25)22(18(12)24)14-8-4-6-10-16(14)27-2/h3-12H,1-2H3,(H,21,23,25)/t12-/m0/s1. The Morgan fingerprint density at radius 2 is 1.59 bits per heavy atom. The number of imide groups is 2. The molecule has 3 rings (SSSR count). The van der Waals surface area contributed by atoms with Gasteiger partial charge in [-0.15, -0.1) is 0 Å². The number of urea groups is 1. The Kier molecular flexibility index (Phi) is 5.16. The number of ether oxygens (including phenoxy) is 2. The van der Waals surface area contributed by atoms with Crippen molar-refractivity contribution in [2.24, 2.45) is 10.9 Å². The van der Waals surface area contributed by atoms with Crippen LogP contribution in [0.25, 0.3) is 0 Å². The Labute approximate surface area is 155 Å². The second kappa shape index (κ2) is 7.69. The van der Waals surface area contributed by atoms with Crippen LogP contribution in [-0.4, -0.2) is 38.3 Å². The van der Waals surface area contributed by atoms with E-state index < -0.39 is 23.8 Å². The molecular formula is C19H17N3O5. The second-order valence-corrected chi connectivity index (χ2v) is 5.57. The molecule has 1 aliphatic rings. The van der Waals surface area contributed by atoms with Crippen molar-refractivity contribution in [1.82, 2.24) is 5.32 Å². The van der Waals surface area contributed by atoms with Crippen molar-refractivity contribution in [3.63, 3.8) is 0 Å². The van der Waals surface area contributed by atoms with Crippen LogP contribution in [-0.2, 0) is 9.59 Å². The molecule has 1 fully saturated rings. The maximum Gasteiger partial charge on any atom is 0.335 e. The second-order valence-electron chi connectivity index (χ2n) is 5.57. The first-order chi connectivity index (χ1) is 13.1. The summed E-state index contributed by atoms with van der Waals surface area (Å²) < 4.78 is 10.4. The van der Waals surface area contributed by atoms with Crippen LogP contribution in [0.3, 0.4) is 0 Å². The summed E-state index contributed by atoms with van der Waals surface area (Å²) in [5.74, 6) is -1.90. The molecule has 1 N–H and O–H groups in total. The van der Waals surface area contributed by atoms with E-state index in [4.69, 9.17) is 9.47 Å². The molecule has 0 bridgehead atoms. The van der Waals surface area contributed by atoms with Gasteiger partial charge in [-0.1, -0.05) is 24.3 Å². The number of aliphatic imine (C=N–C) groups is 1. The van der Waals surface area contributed by atoms with E-state index in [9.17, 15) is 14.4 Å². The topological polar surface area (TPSA) is 97.3 Å². The SMILES string of the molecule is COc1ccccc1N=C[C@H]1C(=O)NC(=O)N(c2ccccc2OC)C1=O. The molecule has 0 aromatic heterocycles. The van der Waals surface area contributed by atoms with Gasteiger partial charge in [-0.3, -0.25) is 19.9 Å². The number of amides is 4. The number of hydrogen-bond acceptors (Lipinski definition) is 6. The van der Waals surface area contributed by atoms with Gasteiger partial charge in [0, 0.05) is 6.21 Å². The molecule has 4 amide bonds. The lowest BCUT2D eigenvalue weighted by atomic mass is 10.1. The Morgan fingerprint density at radius 3 is 2.30 bits per heavy atom. The van der Waals surface area contributed by atoms with Crippen LogP contribution < -0.4 is 19.7 Å².